The van der Waals surface area contributed by atoms with Crippen LogP contribution in [0.1, 0.15) is 61.5 Å². The molecule has 1 fully saturated rings. The molecule has 0 amide bonds. The van der Waals surface area contributed by atoms with Crippen LogP contribution >= 0.6 is 0 Å². The van der Waals surface area contributed by atoms with Crippen LogP contribution in [0.15, 0.2) is 12.1 Å². The number of aliphatic hydroxyl groups is 1. The molecule has 1 aliphatic rings. The lowest BCUT2D eigenvalue weighted by atomic mass is 9.92. The van der Waals surface area contributed by atoms with Gasteiger partial charge in [0.25, 0.3) is 0 Å². The minimum atomic E-state index is -0.376. The first-order chi connectivity index (χ1) is 9.40. The Kier molecular flexibility index (Phi) is 4.87. The summed E-state index contributed by atoms with van der Waals surface area (Å²) in [7, 11) is 0. The molecule has 0 bridgehead atoms. The molecule has 0 saturated carbocycles. The van der Waals surface area contributed by atoms with E-state index in [4.69, 9.17) is 0 Å². The number of aryl methyl sites for hydroxylation is 3. The van der Waals surface area contributed by atoms with E-state index in [0.29, 0.717) is 12.1 Å². The van der Waals surface area contributed by atoms with Crippen LogP contribution in [0, 0.1) is 20.8 Å². The van der Waals surface area contributed by atoms with E-state index in [1.165, 1.54) is 36.0 Å². The summed E-state index contributed by atoms with van der Waals surface area (Å²) in [6.45, 7) is 11.7. The predicted molar refractivity (Wildman–Crippen MR) is 85.1 cm³/mol. The van der Waals surface area contributed by atoms with E-state index in [2.05, 4.69) is 51.7 Å². The Morgan fingerprint density at radius 1 is 1.10 bits per heavy atom. The summed E-state index contributed by atoms with van der Waals surface area (Å²) < 4.78 is 0. The average Bonchev–Trinajstić information content (AvgIpc) is 2.32. The lowest BCUT2D eigenvalue weighted by Gasteiger charge is -2.40. The zero-order valence-corrected chi connectivity index (χ0v) is 13.6. The van der Waals surface area contributed by atoms with Gasteiger partial charge in [-0.2, -0.15) is 0 Å². The molecule has 2 rings (SSSR count). The van der Waals surface area contributed by atoms with Gasteiger partial charge in [-0.1, -0.05) is 24.1 Å². The van der Waals surface area contributed by atoms with E-state index in [9.17, 15) is 5.11 Å². The Bertz CT molecular complexity index is 435. The molecule has 0 spiro atoms. The van der Waals surface area contributed by atoms with E-state index in [0.717, 1.165) is 12.1 Å². The summed E-state index contributed by atoms with van der Waals surface area (Å²) in [6, 6.07) is 5.52. The smallest absolute Gasteiger partial charge is 0.0922 e. The van der Waals surface area contributed by atoms with E-state index in [-0.39, 0.29) is 6.10 Å². The van der Waals surface area contributed by atoms with Crippen molar-refractivity contribution in [1.82, 2.24) is 4.90 Å². The molecule has 0 aromatic heterocycles. The van der Waals surface area contributed by atoms with Crippen molar-refractivity contribution in [3.63, 3.8) is 0 Å². The number of likely N-dealkylation sites (tertiary alicyclic amines) is 1. The summed E-state index contributed by atoms with van der Waals surface area (Å²) in [5.74, 6) is 0. The van der Waals surface area contributed by atoms with Crippen molar-refractivity contribution in [2.45, 2.75) is 72.1 Å². The van der Waals surface area contributed by atoms with Gasteiger partial charge in [-0.15, -0.1) is 0 Å². The molecule has 1 aromatic rings. The van der Waals surface area contributed by atoms with E-state index in [1.54, 1.807) is 0 Å². The average molecular weight is 275 g/mol. The van der Waals surface area contributed by atoms with Gasteiger partial charge in [-0.05, 0) is 64.2 Å². The fourth-order valence-electron chi connectivity index (χ4n) is 3.84. The van der Waals surface area contributed by atoms with Gasteiger partial charge < -0.3 is 5.11 Å². The van der Waals surface area contributed by atoms with Crippen molar-refractivity contribution < 1.29 is 5.11 Å². The van der Waals surface area contributed by atoms with Gasteiger partial charge in [0.2, 0.25) is 0 Å². The number of aliphatic hydroxyl groups excluding tert-OH is 1. The van der Waals surface area contributed by atoms with Crippen LogP contribution in [0.3, 0.4) is 0 Å². The van der Waals surface area contributed by atoms with Gasteiger partial charge >= 0.3 is 0 Å². The van der Waals surface area contributed by atoms with Crippen LogP contribution in [0.4, 0.5) is 0 Å². The van der Waals surface area contributed by atoms with Gasteiger partial charge in [0, 0.05) is 18.6 Å². The van der Waals surface area contributed by atoms with Crippen LogP contribution in [0.2, 0.25) is 0 Å². The molecule has 1 aliphatic heterocycles. The summed E-state index contributed by atoms with van der Waals surface area (Å²) in [4.78, 5) is 2.48. The number of β-amino-alcohol motifs (C(OH)–C–C–N with tert-alkyl or cyclic N) is 1. The lowest BCUT2D eigenvalue weighted by molar-refractivity contribution is 0.0407. The summed E-state index contributed by atoms with van der Waals surface area (Å²) in [5.41, 5.74) is 4.83. The van der Waals surface area contributed by atoms with Gasteiger partial charge in [-0.25, -0.2) is 0 Å². The van der Waals surface area contributed by atoms with E-state index < -0.39 is 0 Å². The van der Waals surface area contributed by atoms with Crippen LogP contribution in [-0.4, -0.2) is 28.6 Å². The molecular formula is C18H29NO. The Labute approximate surface area is 123 Å². The molecule has 0 radical (unpaired) electrons. The predicted octanol–water partition coefficient (Wildman–Crippen LogP) is 3.91. The zero-order chi connectivity index (χ0) is 14.9. The van der Waals surface area contributed by atoms with Crippen molar-refractivity contribution in [2.24, 2.45) is 0 Å². The Morgan fingerprint density at radius 2 is 1.60 bits per heavy atom. The van der Waals surface area contributed by atoms with Gasteiger partial charge in [0.05, 0.1) is 6.10 Å². The highest BCUT2D eigenvalue weighted by Gasteiger charge is 2.27. The summed E-state index contributed by atoms with van der Waals surface area (Å²) >= 11 is 0. The van der Waals surface area contributed by atoms with Crippen molar-refractivity contribution in [3.05, 3.63) is 34.4 Å². The number of hydrogen-bond acceptors (Lipinski definition) is 2. The molecule has 2 nitrogen and oxygen atoms in total. The molecule has 2 heteroatoms. The van der Waals surface area contributed by atoms with E-state index in [1.807, 2.05) is 0 Å². The van der Waals surface area contributed by atoms with Crippen LogP contribution < -0.4 is 0 Å². The van der Waals surface area contributed by atoms with Crippen LogP contribution in [0.5, 0.6) is 0 Å². The van der Waals surface area contributed by atoms with Crippen molar-refractivity contribution >= 4 is 0 Å². The fraction of sp³-hybridized carbons (Fsp3) is 0.667. The van der Waals surface area contributed by atoms with Gasteiger partial charge in [0.15, 0.2) is 0 Å². The highest BCUT2D eigenvalue weighted by atomic mass is 16.3. The molecule has 1 saturated heterocycles. The summed E-state index contributed by atoms with van der Waals surface area (Å²) in [5, 5.41) is 10.7. The lowest BCUT2D eigenvalue weighted by Crippen LogP contribution is -2.45. The zero-order valence-electron chi connectivity index (χ0n) is 13.6. The molecule has 3 unspecified atom stereocenters. The first-order valence-electron chi connectivity index (χ1n) is 7.91. The number of hydrogen-bond donors (Lipinski definition) is 1. The largest absolute Gasteiger partial charge is 0.387 e. The maximum atomic E-state index is 10.7. The second kappa shape index (κ2) is 6.28. The van der Waals surface area contributed by atoms with Gasteiger partial charge in [-0.3, -0.25) is 4.90 Å². The first kappa shape index (κ1) is 15.5. The maximum Gasteiger partial charge on any atom is 0.0922 e. The van der Waals surface area contributed by atoms with Crippen LogP contribution in [-0.2, 0) is 0 Å². The first-order valence-corrected chi connectivity index (χ1v) is 7.91. The normalized spacial score (nSPS) is 25.7. The van der Waals surface area contributed by atoms with Crippen molar-refractivity contribution in [3.8, 4) is 0 Å². The number of benzene rings is 1. The maximum absolute atomic E-state index is 10.7. The second-order valence-corrected chi connectivity index (χ2v) is 6.65. The molecule has 1 N–H and O–H groups in total. The molecule has 1 aromatic carbocycles. The van der Waals surface area contributed by atoms with Crippen molar-refractivity contribution in [2.75, 3.05) is 6.54 Å². The molecular weight excluding hydrogens is 246 g/mol. The van der Waals surface area contributed by atoms with Crippen LogP contribution in [0.25, 0.3) is 0 Å². The monoisotopic (exact) mass is 275 g/mol. The van der Waals surface area contributed by atoms with Crippen molar-refractivity contribution in [1.29, 1.82) is 0 Å². The minimum absolute atomic E-state index is 0.376. The SMILES string of the molecule is Cc1cc(C)c(C(O)CN2C(C)CCCC2C)c(C)c1. The Balaban J connectivity index is 2.17. The number of piperidine rings is 1. The van der Waals surface area contributed by atoms with E-state index >= 15 is 0 Å². The number of rotatable bonds is 3. The molecule has 20 heavy (non-hydrogen) atoms. The second-order valence-electron chi connectivity index (χ2n) is 6.65. The van der Waals surface area contributed by atoms with Gasteiger partial charge in [0.1, 0.15) is 0 Å². The fourth-order valence-corrected chi connectivity index (χ4v) is 3.84. The summed E-state index contributed by atoms with van der Waals surface area (Å²) in [6.07, 6.45) is 3.45. The highest BCUT2D eigenvalue weighted by molar-refractivity contribution is 5.39. The molecule has 0 aliphatic carbocycles. The topological polar surface area (TPSA) is 23.5 Å². The highest BCUT2D eigenvalue weighted by Crippen LogP contribution is 2.28. The Hall–Kier alpha value is -0.860. The minimum Gasteiger partial charge on any atom is -0.387 e. The Morgan fingerprint density at radius 3 is 2.10 bits per heavy atom. The third kappa shape index (κ3) is 3.24. The standard InChI is InChI=1S/C18H29NO/c1-12-9-13(2)18(14(3)10-12)17(20)11-19-15(4)7-6-8-16(19)5/h9-10,15-17,20H,6-8,11H2,1-5H3. The molecule has 1 heterocycles. The quantitative estimate of drug-likeness (QED) is 0.904. The third-order valence-electron chi connectivity index (χ3n) is 4.83. The third-order valence-corrected chi connectivity index (χ3v) is 4.83. The number of nitrogens with zero attached hydrogens (tertiary/aromatic N) is 1. The molecule has 112 valence electrons. The molecule has 3 atom stereocenters.